The fourth-order valence-corrected chi connectivity index (χ4v) is 2.21. The van der Waals surface area contributed by atoms with Gasteiger partial charge in [-0.1, -0.05) is 0 Å². The largest absolute Gasteiger partial charge is 0.481 e. The second-order valence-corrected chi connectivity index (χ2v) is 4.78. The lowest BCUT2D eigenvalue weighted by Gasteiger charge is -2.38. The van der Waals surface area contributed by atoms with E-state index in [9.17, 15) is 9.59 Å². The van der Waals surface area contributed by atoms with Crippen LogP contribution < -0.4 is 0 Å². The topological polar surface area (TPSA) is 73.7 Å². The van der Waals surface area contributed by atoms with E-state index < -0.39 is 11.9 Å². The molecular formula is C10H13N3O3S. The summed E-state index contributed by atoms with van der Waals surface area (Å²) < 4.78 is 0. The number of likely N-dealkylation sites (tertiary alicyclic amines) is 1. The summed E-state index contributed by atoms with van der Waals surface area (Å²) in [6.07, 6.45) is 0. The Morgan fingerprint density at radius 2 is 2.35 bits per heavy atom. The summed E-state index contributed by atoms with van der Waals surface area (Å²) in [6.45, 7) is 1.06. The third kappa shape index (κ3) is 2.55. The first-order valence-electron chi connectivity index (χ1n) is 5.18. The number of amides is 2. The average Bonchev–Trinajstić information content (AvgIpc) is 2.67. The van der Waals surface area contributed by atoms with Crippen molar-refractivity contribution in [1.82, 2.24) is 14.8 Å². The lowest BCUT2D eigenvalue weighted by Crippen LogP contribution is -2.56. The Kier molecular flexibility index (Phi) is 3.28. The highest BCUT2D eigenvalue weighted by Crippen LogP contribution is 2.18. The van der Waals surface area contributed by atoms with Gasteiger partial charge < -0.3 is 14.9 Å². The van der Waals surface area contributed by atoms with Gasteiger partial charge in [0.1, 0.15) is 0 Å². The number of carboxylic acid groups (broad SMARTS) is 1. The Bertz CT molecular complexity index is 414. The normalized spacial score (nSPS) is 15.5. The number of hydrogen-bond donors (Lipinski definition) is 1. The lowest BCUT2D eigenvalue weighted by molar-refractivity contribution is -0.146. The van der Waals surface area contributed by atoms with Crippen LogP contribution in [-0.4, -0.2) is 52.0 Å². The van der Waals surface area contributed by atoms with Crippen LogP contribution in [0.4, 0.5) is 4.79 Å². The van der Waals surface area contributed by atoms with Gasteiger partial charge >= 0.3 is 12.0 Å². The van der Waals surface area contributed by atoms with E-state index in [2.05, 4.69) is 4.98 Å². The van der Waals surface area contributed by atoms with Crippen LogP contribution in [-0.2, 0) is 11.3 Å². The van der Waals surface area contributed by atoms with E-state index in [1.54, 1.807) is 17.5 Å². The minimum atomic E-state index is -0.837. The summed E-state index contributed by atoms with van der Waals surface area (Å²) in [6, 6.07) is -0.143. The molecule has 1 fully saturated rings. The number of urea groups is 1. The van der Waals surface area contributed by atoms with E-state index in [1.165, 1.54) is 16.2 Å². The highest BCUT2D eigenvalue weighted by atomic mass is 32.1. The maximum atomic E-state index is 11.9. The van der Waals surface area contributed by atoms with Crippen LogP contribution in [0.5, 0.6) is 0 Å². The zero-order valence-electron chi connectivity index (χ0n) is 9.37. The van der Waals surface area contributed by atoms with Crippen LogP contribution in [0.25, 0.3) is 0 Å². The first-order valence-corrected chi connectivity index (χ1v) is 6.12. The zero-order chi connectivity index (χ0) is 12.4. The standard InChI is InChI=1S/C10H13N3O3S/c1-12(4-8-5-17-6-11-8)10(16)13-2-7(3-13)9(14)15/h5-7H,2-4H2,1H3,(H,14,15). The van der Waals surface area contributed by atoms with Crippen molar-refractivity contribution in [3.05, 3.63) is 16.6 Å². The van der Waals surface area contributed by atoms with Crippen molar-refractivity contribution in [2.24, 2.45) is 5.92 Å². The van der Waals surface area contributed by atoms with Gasteiger partial charge in [-0.15, -0.1) is 11.3 Å². The van der Waals surface area contributed by atoms with Crippen molar-refractivity contribution >= 4 is 23.3 Å². The van der Waals surface area contributed by atoms with Crippen molar-refractivity contribution in [2.75, 3.05) is 20.1 Å². The molecule has 17 heavy (non-hydrogen) atoms. The summed E-state index contributed by atoms with van der Waals surface area (Å²) >= 11 is 1.49. The molecular weight excluding hydrogens is 242 g/mol. The molecule has 2 amide bonds. The highest BCUT2D eigenvalue weighted by Gasteiger charge is 2.36. The number of rotatable bonds is 3. The van der Waals surface area contributed by atoms with Gasteiger partial charge in [-0.2, -0.15) is 0 Å². The Morgan fingerprint density at radius 1 is 1.65 bits per heavy atom. The van der Waals surface area contributed by atoms with Crippen molar-refractivity contribution in [3.63, 3.8) is 0 Å². The molecule has 1 aromatic heterocycles. The van der Waals surface area contributed by atoms with Crippen molar-refractivity contribution in [3.8, 4) is 0 Å². The Labute approximate surface area is 102 Å². The predicted molar refractivity (Wildman–Crippen MR) is 61.7 cm³/mol. The van der Waals surface area contributed by atoms with E-state index >= 15 is 0 Å². The van der Waals surface area contributed by atoms with Crippen LogP contribution in [0.1, 0.15) is 5.69 Å². The fraction of sp³-hybridized carbons (Fsp3) is 0.500. The molecule has 6 nitrogen and oxygen atoms in total. The third-order valence-corrected chi connectivity index (χ3v) is 3.35. The van der Waals surface area contributed by atoms with E-state index in [0.717, 1.165) is 5.69 Å². The third-order valence-electron chi connectivity index (χ3n) is 2.71. The summed E-state index contributed by atoms with van der Waals surface area (Å²) in [5.74, 6) is -1.25. The molecule has 0 bridgehead atoms. The zero-order valence-corrected chi connectivity index (χ0v) is 10.2. The highest BCUT2D eigenvalue weighted by molar-refractivity contribution is 7.07. The summed E-state index contributed by atoms with van der Waals surface area (Å²) in [4.78, 5) is 29.6. The first-order chi connectivity index (χ1) is 8.08. The van der Waals surface area contributed by atoms with Crippen LogP contribution in [0.2, 0.25) is 0 Å². The summed E-state index contributed by atoms with van der Waals surface area (Å²) in [5.41, 5.74) is 2.57. The maximum absolute atomic E-state index is 11.9. The minimum Gasteiger partial charge on any atom is -0.481 e. The van der Waals surface area contributed by atoms with Crippen molar-refractivity contribution in [2.45, 2.75) is 6.54 Å². The number of nitrogens with zero attached hydrogens (tertiary/aromatic N) is 3. The Hall–Kier alpha value is -1.63. The Balaban J connectivity index is 1.83. The van der Waals surface area contributed by atoms with Gasteiger partial charge in [-0.05, 0) is 0 Å². The van der Waals surface area contributed by atoms with E-state index in [1.807, 2.05) is 5.38 Å². The molecule has 0 unspecified atom stereocenters. The number of hydrogen-bond acceptors (Lipinski definition) is 4. The Morgan fingerprint density at radius 3 is 2.88 bits per heavy atom. The molecule has 0 atom stereocenters. The van der Waals surface area contributed by atoms with Gasteiger partial charge in [0.15, 0.2) is 0 Å². The molecule has 1 aromatic rings. The molecule has 92 valence electrons. The molecule has 1 aliphatic rings. The number of thiazole rings is 1. The predicted octanol–water partition coefficient (Wildman–Crippen LogP) is 0.711. The number of aromatic nitrogens is 1. The fourth-order valence-electron chi connectivity index (χ4n) is 1.66. The van der Waals surface area contributed by atoms with Gasteiger partial charge in [0, 0.05) is 25.5 Å². The average molecular weight is 255 g/mol. The lowest BCUT2D eigenvalue weighted by atomic mass is 10.0. The summed E-state index contributed by atoms with van der Waals surface area (Å²) in [7, 11) is 1.69. The molecule has 7 heteroatoms. The molecule has 0 saturated carbocycles. The quantitative estimate of drug-likeness (QED) is 0.863. The van der Waals surface area contributed by atoms with Gasteiger partial charge in [0.05, 0.1) is 23.7 Å². The van der Waals surface area contributed by atoms with Crippen molar-refractivity contribution in [1.29, 1.82) is 0 Å². The van der Waals surface area contributed by atoms with Gasteiger partial charge in [0.2, 0.25) is 0 Å². The van der Waals surface area contributed by atoms with Gasteiger partial charge in [-0.3, -0.25) is 4.79 Å². The van der Waals surface area contributed by atoms with Crippen LogP contribution in [0, 0.1) is 5.92 Å². The smallest absolute Gasteiger partial charge is 0.320 e. The van der Waals surface area contributed by atoms with Crippen LogP contribution in [0.3, 0.4) is 0 Å². The summed E-state index contributed by atoms with van der Waals surface area (Å²) in [5, 5.41) is 10.6. The van der Waals surface area contributed by atoms with E-state index in [0.29, 0.717) is 19.6 Å². The number of carbonyl (C=O) groups excluding carboxylic acids is 1. The molecule has 1 N–H and O–H groups in total. The maximum Gasteiger partial charge on any atom is 0.320 e. The SMILES string of the molecule is CN(Cc1cscn1)C(=O)N1CC(C(=O)O)C1. The monoisotopic (exact) mass is 255 g/mol. The van der Waals surface area contributed by atoms with Crippen molar-refractivity contribution < 1.29 is 14.7 Å². The number of carbonyl (C=O) groups is 2. The second kappa shape index (κ2) is 4.70. The molecule has 2 rings (SSSR count). The molecule has 2 heterocycles. The van der Waals surface area contributed by atoms with E-state index in [-0.39, 0.29) is 6.03 Å². The first kappa shape index (κ1) is 11.8. The van der Waals surface area contributed by atoms with Crippen LogP contribution in [0.15, 0.2) is 10.9 Å². The number of carboxylic acids is 1. The minimum absolute atomic E-state index is 0.143. The number of aliphatic carboxylic acids is 1. The molecule has 0 aliphatic carbocycles. The molecule has 1 aliphatic heterocycles. The molecule has 0 aromatic carbocycles. The molecule has 0 radical (unpaired) electrons. The van der Waals surface area contributed by atoms with E-state index in [4.69, 9.17) is 5.11 Å². The molecule has 0 spiro atoms. The van der Waals surface area contributed by atoms with Gasteiger partial charge in [0.25, 0.3) is 0 Å². The van der Waals surface area contributed by atoms with Crippen LogP contribution >= 0.6 is 11.3 Å². The molecule has 1 saturated heterocycles. The second-order valence-electron chi connectivity index (χ2n) is 4.06. The van der Waals surface area contributed by atoms with Gasteiger partial charge in [-0.25, -0.2) is 9.78 Å².